The maximum absolute atomic E-state index is 14.0. The second-order valence-corrected chi connectivity index (χ2v) is 14.8. The molecule has 0 saturated heterocycles. The van der Waals surface area contributed by atoms with E-state index < -0.39 is 77.1 Å². The van der Waals surface area contributed by atoms with Crippen LogP contribution >= 0.6 is 0 Å². The molecular weight excluding hydrogens is 652 g/mol. The molecule has 268 valence electrons. The third-order valence-corrected chi connectivity index (χ3v) is 11.4. The van der Waals surface area contributed by atoms with Crippen molar-refractivity contribution >= 4 is 29.8 Å². The van der Waals surface area contributed by atoms with Crippen LogP contribution < -0.4 is 0 Å². The third kappa shape index (κ3) is 6.41. The number of rotatable bonds is 9. The van der Waals surface area contributed by atoms with E-state index in [-0.39, 0.29) is 30.2 Å². The Kier molecular flexibility index (Phi) is 9.81. The number of carbonyl (C=O) groups is 5. The van der Waals surface area contributed by atoms with Gasteiger partial charge in [0.1, 0.15) is 24.9 Å². The van der Waals surface area contributed by atoms with Crippen LogP contribution in [0.1, 0.15) is 85.0 Å². The zero-order valence-electron chi connectivity index (χ0n) is 29.5. The molecule has 2 bridgehead atoms. The van der Waals surface area contributed by atoms with Crippen LogP contribution in [0.15, 0.2) is 91.0 Å². The van der Waals surface area contributed by atoms with Crippen molar-refractivity contribution in [3.63, 3.8) is 0 Å². The number of hydrogen-bond donors (Lipinski definition) is 0. The summed E-state index contributed by atoms with van der Waals surface area (Å²) in [5, 5.41) is 0. The molecule has 0 unspecified atom stereocenters. The quantitative estimate of drug-likeness (QED) is 0.178. The van der Waals surface area contributed by atoms with Crippen molar-refractivity contribution in [3.05, 3.63) is 108 Å². The van der Waals surface area contributed by atoms with Crippen LogP contribution in [-0.2, 0) is 33.3 Å². The highest BCUT2D eigenvalue weighted by Crippen LogP contribution is 2.74. The van der Waals surface area contributed by atoms with Gasteiger partial charge in [0.25, 0.3) is 0 Å². The van der Waals surface area contributed by atoms with E-state index in [1.807, 2.05) is 6.92 Å². The Morgan fingerprint density at radius 1 is 0.627 bits per heavy atom. The van der Waals surface area contributed by atoms with Crippen molar-refractivity contribution in [1.82, 2.24) is 0 Å². The van der Waals surface area contributed by atoms with Gasteiger partial charge >= 0.3 is 29.8 Å². The second-order valence-electron chi connectivity index (χ2n) is 14.8. The highest BCUT2D eigenvalue weighted by Gasteiger charge is 2.81. The van der Waals surface area contributed by atoms with Gasteiger partial charge in [0.05, 0.1) is 22.1 Å². The van der Waals surface area contributed by atoms with E-state index in [2.05, 4.69) is 13.8 Å². The first-order chi connectivity index (χ1) is 24.3. The maximum atomic E-state index is 14.0. The van der Waals surface area contributed by atoms with Crippen molar-refractivity contribution in [2.45, 2.75) is 78.3 Å². The topological polar surface area (TPSA) is 132 Å². The molecule has 0 heterocycles. The Hall–Kier alpha value is -4.99. The Balaban J connectivity index is 1.57. The van der Waals surface area contributed by atoms with Gasteiger partial charge in [0.2, 0.25) is 0 Å². The van der Waals surface area contributed by atoms with Gasteiger partial charge in [-0.15, -0.1) is 0 Å². The van der Waals surface area contributed by atoms with Crippen molar-refractivity contribution in [2.24, 2.45) is 28.1 Å². The molecule has 3 aliphatic carbocycles. The predicted molar refractivity (Wildman–Crippen MR) is 184 cm³/mol. The molecule has 6 rings (SSSR count). The fourth-order valence-electron chi connectivity index (χ4n) is 9.43. The molecule has 0 N–H and O–H groups in total. The fraction of sp³-hybridized carbons (Fsp3) is 0.439. The summed E-state index contributed by atoms with van der Waals surface area (Å²) in [7, 11) is 0. The Morgan fingerprint density at radius 3 is 1.61 bits per heavy atom. The number of fused-ring (bicyclic) bond motifs is 1. The van der Waals surface area contributed by atoms with E-state index in [4.69, 9.17) is 23.7 Å². The van der Waals surface area contributed by atoms with Crippen LogP contribution in [0.5, 0.6) is 0 Å². The molecule has 10 nitrogen and oxygen atoms in total. The predicted octanol–water partition coefficient (Wildman–Crippen LogP) is 6.62. The Labute approximate surface area is 297 Å². The van der Waals surface area contributed by atoms with Crippen molar-refractivity contribution in [1.29, 1.82) is 0 Å². The summed E-state index contributed by atoms with van der Waals surface area (Å²) in [6, 6.07) is 25.4. The number of ether oxygens (including phenoxy) is 5. The number of benzene rings is 3. The summed E-state index contributed by atoms with van der Waals surface area (Å²) in [5.74, 6) is -3.72. The molecule has 51 heavy (non-hydrogen) atoms. The van der Waals surface area contributed by atoms with Crippen LogP contribution in [0.4, 0.5) is 0 Å². The van der Waals surface area contributed by atoms with Crippen molar-refractivity contribution in [2.75, 3.05) is 6.61 Å². The van der Waals surface area contributed by atoms with Crippen molar-refractivity contribution in [3.8, 4) is 0 Å². The molecule has 0 radical (unpaired) electrons. The lowest BCUT2D eigenvalue weighted by molar-refractivity contribution is -0.291. The smallest absolute Gasteiger partial charge is 0.338 e. The van der Waals surface area contributed by atoms with Gasteiger partial charge in [-0.1, -0.05) is 75.4 Å². The average Bonchev–Trinajstić information content (AvgIpc) is 3.27. The van der Waals surface area contributed by atoms with E-state index in [1.54, 1.807) is 91.0 Å². The maximum Gasteiger partial charge on any atom is 0.338 e. The molecular formula is C41H44O10. The van der Waals surface area contributed by atoms with E-state index in [0.717, 1.165) is 0 Å². The van der Waals surface area contributed by atoms with E-state index in [1.165, 1.54) is 13.8 Å². The summed E-state index contributed by atoms with van der Waals surface area (Å²) in [4.78, 5) is 67.5. The molecule has 3 aromatic carbocycles. The van der Waals surface area contributed by atoms with Gasteiger partial charge in [0.15, 0.2) is 6.10 Å². The first kappa shape index (κ1) is 35.8. The summed E-state index contributed by atoms with van der Waals surface area (Å²) in [6.07, 6.45) is -3.22. The lowest BCUT2D eigenvalue weighted by Crippen LogP contribution is -2.74. The SMILES string of the molecule is CC(=O)O[C@@H]1[C@H]2C[C@H](OC(=O)c3ccccc3)[C@]3(COC(=O)c4ccccc4)[C@@H](OC(C)=O)[C@@H](OC(=O)c4ccccc4)C[C@@H](C)[C@@]13CC2(C)C. The first-order valence-electron chi connectivity index (χ1n) is 17.4. The lowest BCUT2D eigenvalue weighted by Gasteiger charge is -2.65. The van der Waals surface area contributed by atoms with Crippen LogP contribution in [-0.4, -0.2) is 60.9 Å². The minimum absolute atomic E-state index is 0.192. The summed E-state index contributed by atoms with van der Waals surface area (Å²) >= 11 is 0. The van der Waals surface area contributed by atoms with Crippen LogP contribution in [0.2, 0.25) is 0 Å². The monoisotopic (exact) mass is 696 g/mol. The molecule has 0 aliphatic heterocycles. The van der Waals surface area contributed by atoms with Gasteiger partial charge < -0.3 is 23.7 Å². The van der Waals surface area contributed by atoms with Crippen molar-refractivity contribution < 1.29 is 47.7 Å². The summed E-state index contributed by atoms with van der Waals surface area (Å²) in [5.41, 5.74) is -2.19. The highest BCUT2D eigenvalue weighted by atomic mass is 16.6. The van der Waals surface area contributed by atoms with E-state index >= 15 is 0 Å². The van der Waals surface area contributed by atoms with Crippen LogP contribution in [0.25, 0.3) is 0 Å². The molecule has 3 fully saturated rings. The van der Waals surface area contributed by atoms with Gasteiger partial charge in [0, 0.05) is 25.2 Å². The molecule has 10 heteroatoms. The molecule has 8 atom stereocenters. The minimum atomic E-state index is -1.54. The van der Waals surface area contributed by atoms with Crippen LogP contribution in [0, 0.1) is 28.1 Å². The van der Waals surface area contributed by atoms with E-state index in [0.29, 0.717) is 17.5 Å². The summed E-state index contributed by atoms with van der Waals surface area (Å²) < 4.78 is 31.5. The first-order valence-corrected chi connectivity index (χ1v) is 17.4. The Bertz CT molecular complexity index is 1770. The molecule has 1 spiro atoms. The van der Waals surface area contributed by atoms with Gasteiger partial charge in [-0.3, -0.25) is 9.59 Å². The zero-order valence-corrected chi connectivity index (χ0v) is 29.5. The third-order valence-electron chi connectivity index (χ3n) is 11.4. The standard InChI is InChI=1S/C41H44O10/c1-25-21-32(50-37(45)29-17-11-7-12-18-29)35(49-27(3)43)41(24-47-36(44)28-15-9-6-10-16-28)33(51-38(46)30-19-13-8-14-20-30)22-31-34(48-26(2)42)40(25,41)23-39(31,4)5/h6-20,25,31-35H,21-24H2,1-5H3/t25-,31-,32+,33+,34-,35+,40+,41-/m1/s1. The zero-order chi connectivity index (χ0) is 36.6. The van der Waals surface area contributed by atoms with Crippen LogP contribution in [0.3, 0.4) is 0 Å². The second kappa shape index (κ2) is 14.0. The highest BCUT2D eigenvalue weighted by molar-refractivity contribution is 5.90. The fourth-order valence-corrected chi connectivity index (χ4v) is 9.43. The normalized spacial score (nSPS) is 30.2. The lowest BCUT2D eigenvalue weighted by atomic mass is 9.43. The molecule has 0 aromatic heterocycles. The van der Waals surface area contributed by atoms with Gasteiger partial charge in [-0.05, 0) is 67.0 Å². The number of hydrogen-bond acceptors (Lipinski definition) is 10. The largest absolute Gasteiger partial charge is 0.462 e. The minimum Gasteiger partial charge on any atom is -0.462 e. The number of esters is 5. The molecule has 3 saturated carbocycles. The summed E-state index contributed by atoms with van der Waals surface area (Å²) in [6.45, 7) is 8.36. The number of carbonyl (C=O) groups excluding carboxylic acids is 5. The molecule has 0 amide bonds. The Morgan fingerprint density at radius 2 is 1.10 bits per heavy atom. The van der Waals surface area contributed by atoms with Gasteiger partial charge in [-0.2, -0.15) is 0 Å². The molecule has 3 aliphatic rings. The molecule has 3 aromatic rings. The average molecular weight is 697 g/mol. The van der Waals surface area contributed by atoms with E-state index in [9.17, 15) is 24.0 Å². The van der Waals surface area contributed by atoms with Gasteiger partial charge in [-0.25, -0.2) is 14.4 Å².